The fourth-order valence-corrected chi connectivity index (χ4v) is 7.76. The van der Waals surface area contributed by atoms with Gasteiger partial charge in [0.15, 0.2) is 93.1 Å². The fraction of sp³-hybridized carbons (Fsp3) is 0.429. The van der Waals surface area contributed by atoms with Crippen LogP contribution in [0, 0.1) is 116 Å². The van der Waals surface area contributed by atoms with E-state index in [9.17, 15) is 61.5 Å². The number of halogens is 20. The van der Waals surface area contributed by atoms with Gasteiger partial charge in [-0.05, 0) is 26.9 Å². The molecule has 0 N–H and O–H groups in total. The van der Waals surface area contributed by atoms with Crippen LogP contribution in [0.15, 0.2) is 0 Å². The summed E-state index contributed by atoms with van der Waals surface area (Å²) < 4.78 is 294. The zero-order valence-electron chi connectivity index (χ0n) is 33.0. The largest absolute Gasteiger partial charge is 0.302 e. The van der Waals surface area contributed by atoms with Gasteiger partial charge in [0.05, 0.1) is 5.41 Å². The first kappa shape index (κ1) is 51.1. The molecule has 0 saturated heterocycles. The highest BCUT2D eigenvalue weighted by Gasteiger charge is 2.53. The van der Waals surface area contributed by atoms with E-state index in [-0.39, 0.29) is 25.7 Å². The smallest absolute Gasteiger partial charge is 0.200 e. The van der Waals surface area contributed by atoms with Crippen LogP contribution < -0.4 is 0 Å². The van der Waals surface area contributed by atoms with E-state index in [0.29, 0.717) is 51.4 Å². The number of rotatable bonds is 20. The van der Waals surface area contributed by atoms with Crippen molar-refractivity contribution in [2.24, 2.45) is 0 Å². The van der Waals surface area contributed by atoms with Crippen molar-refractivity contribution in [3.63, 3.8) is 0 Å². The van der Waals surface area contributed by atoms with Crippen LogP contribution in [0.4, 0.5) is 87.8 Å². The van der Waals surface area contributed by atoms with Crippen LogP contribution in [-0.4, -0.2) is 19.0 Å². The molecular weight excluding hydrogens is 898 g/mol. The van der Waals surface area contributed by atoms with Gasteiger partial charge in [0.1, 0.15) is 0 Å². The molecule has 0 fully saturated rings. The van der Waals surface area contributed by atoms with Crippen molar-refractivity contribution >= 4 is 0 Å². The Morgan fingerprint density at radius 2 is 0.492 bits per heavy atom. The molecule has 0 spiro atoms. The average molecular weight is 934 g/mol. The molecule has 0 aliphatic heterocycles. The van der Waals surface area contributed by atoms with Crippen molar-refractivity contribution < 1.29 is 87.8 Å². The quantitative estimate of drug-likeness (QED) is 0.0281. The van der Waals surface area contributed by atoms with E-state index in [2.05, 4.69) is 0 Å². The predicted octanol–water partition coefficient (Wildman–Crippen LogP) is 14.6. The van der Waals surface area contributed by atoms with E-state index in [0.717, 1.165) is 0 Å². The molecule has 4 aromatic carbocycles. The predicted molar refractivity (Wildman–Crippen MR) is 186 cm³/mol. The number of nitrogens with zero attached hydrogens (tertiary/aromatic N) is 1. The van der Waals surface area contributed by atoms with E-state index >= 15 is 26.3 Å². The molecule has 1 nitrogen and oxygen atoms in total. The summed E-state index contributed by atoms with van der Waals surface area (Å²) in [7, 11) is 2.83. The van der Waals surface area contributed by atoms with Gasteiger partial charge in [-0.3, -0.25) is 0 Å². The molecule has 0 bridgehead atoms. The standard InChI is InChI=1S/C42H35F20N/c1-63(2)17(18-22(43)30(51)38(59)31(52)23(18)44)15-13-11-9-7-5-3-4-6-8-10-12-14-16-42(19-24(45)32(53)39(60)33(54)25(19)46,20-26(47)34(55)40(61)35(56)27(20)48)21-28(49)36(57)41(62)37(58)29(21)50/h17H,3-16H2,1-2H3. The van der Waals surface area contributed by atoms with Crippen molar-refractivity contribution in [3.05, 3.63) is 139 Å². The first-order valence-corrected chi connectivity index (χ1v) is 19.2. The van der Waals surface area contributed by atoms with Crippen LogP contribution in [0.5, 0.6) is 0 Å². The van der Waals surface area contributed by atoms with Gasteiger partial charge in [0.25, 0.3) is 0 Å². The second kappa shape index (κ2) is 21.0. The van der Waals surface area contributed by atoms with Gasteiger partial charge in [-0.15, -0.1) is 0 Å². The SMILES string of the molecule is CN(C)C(CCCCCCCCCCCCCCC(c1c(F)c(F)c(F)c(F)c1F)(c1c(F)c(F)c(F)c(F)c1F)c1c(F)c(F)c(F)c(F)c1F)c1c(F)c(F)c(F)c(F)c1F. The topological polar surface area (TPSA) is 3.24 Å². The second-order valence-electron chi connectivity index (χ2n) is 15.0. The van der Waals surface area contributed by atoms with E-state index in [1.807, 2.05) is 0 Å². The van der Waals surface area contributed by atoms with Gasteiger partial charge in [-0.1, -0.05) is 77.0 Å². The van der Waals surface area contributed by atoms with Crippen molar-refractivity contribution in [3.8, 4) is 0 Å². The minimum atomic E-state index is -4.51. The Hall–Kier alpha value is -4.56. The molecule has 0 amide bonds. The third kappa shape index (κ3) is 9.62. The zero-order chi connectivity index (χ0) is 47.4. The second-order valence-corrected chi connectivity index (χ2v) is 15.0. The first-order valence-electron chi connectivity index (χ1n) is 19.2. The van der Waals surface area contributed by atoms with Crippen molar-refractivity contribution in [1.29, 1.82) is 0 Å². The molecule has 1 atom stereocenters. The van der Waals surface area contributed by atoms with E-state index in [4.69, 9.17) is 0 Å². The van der Waals surface area contributed by atoms with Crippen molar-refractivity contribution in [2.45, 2.75) is 101 Å². The number of benzene rings is 4. The molecule has 0 aliphatic rings. The van der Waals surface area contributed by atoms with Gasteiger partial charge in [0.2, 0.25) is 23.3 Å². The Bertz CT molecular complexity index is 2040. The number of unbranched alkanes of at least 4 members (excludes halogenated alkanes) is 11. The summed E-state index contributed by atoms with van der Waals surface area (Å²) in [5, 5.41) is 0. The summed E-state index contributed by atoms with van der Waals surface area (Å²) >= 11 is 0. The Balaban J connectivity index is 1.48. The van der Waals surface area contributed by atoms with Crippen LogP contribution >= 0.6 is 0 Å². The molecule has 21 heteroatoms. The molecule has 0 saturated carbocycles. The van der Waals surface area contributed by atoms with Crippen LogP contribution in [0.25, 0.3) is 0 Å². The van der Waals surface area contributed by atoms with E-state index in [1.54, 1.807) is 0 Å². The third-order valence-electron chi connectivity index (χ3n) is 10.9. The number of hydrogen-bond donors (Lipinski definition) is 0. The minimum Gasteiger partial charge on any atom is -0.302 e. The molecule has 0 radical (unpaired) electrons. The summed E-state index contributed by atoms with van der Waals surface area (Å²) in [5.41, 5.74) is -13.5. The van der Waals surface area contributed by atoms with Gasteiger partial charge in [-0.25, -0.2) is 87.8 Å². The highest BCUT2D eigenvalue weighted by atomic mass is 19.2. The molecular formula is C42H35F20N. The van der Waals surface area contributed by atoms with Crippen molar-refractivity contribution in [1.82, 2.24) is 4.90 Å². The van der Waals surface area contributed by atoms with Crippen molar-refractivity contribution in [2.75, 3.05) is 14.1 Å². The maximum atomic E-state index is 15.6. The summed E-state index contributed by atoms with van der Waals surface area (Å²) in [5.74, 6) is -55.8. The summed E-state index contributed by atoms with van der Waals surface area (Å²) in [4.78, 5) is 1.32. The normalized spacial score (nSPS) is 12.6. The molecule has 0 aliphatic carbocycles. The highest BCUT2D eigenvalue weighted by molar-refractivity contribution is 5.54. The highest BCUT2D eigenvalue weighted by Crippen LogP contribution is 2.52. The fourth-order valence-electron chi connectivity index (χ4n) is 7.76. The lowest BCUT2D eigenvalue weighted by molar-refractivity contribution is 0.251. The Morgan fingerprint density at radius 3 is 0.746 bits per heavy atom. The minimum absolute atomic E-state index is 0.0253. The van der Waals surface area contributed by atoms with E-state index in [1.165, 1.54) is 19.0 Å². The van der Waals surface area contributed by atoms with Crippen LogP contribution in [0.1, 0.15) is 118 Å². The zero-order valence-corrected chi connectivity index (χ0v) is 33.0. The monoisotopic (exact) mass is 933 g/mol. The summed E-state index contributed by atoms with van der Waals surface area (Å²) in [6, 6.07) is -1.12. The van der Waals surface area contributed by atoms with Gasteiger partial charge in [-0.2, -0.15) is 0 Å². The lowest BCUT2D eigenvalue weighted by atomic mass is 9.65. The maximum Gasteiger partial charge on any atom is 0.200 e. The van der Waals surface area contributed by atoms with E-state index < -0.39 is 163 Å². The lowest BCUT2D eigenvalue weighted by Crippen LogP contribution is -2.39. The Labute approximate surface area is 346 Å². The Kier molecular flexibility index (Phi) is 17.0. The lowest BCUT2D eigenvalue weighted by Gasteiger charge is -2.37. The molecule has 4 aromatic rings. The van der Waals surface area contributed by atoms with Gasteiger partial charge in [0, 0.05) is 28.3 Å². The molecule has 1 unspecified atom stereocenters. The third-order valence-corrected chi connectivity index (χ3v) is 10.9. The first-order chi connectivity index (χ1) is 29.5. The molecule has 348 valence electrons. The van der Waals surface area contributed by atoms with Gasteiger partial charge >= 0.3 is 0 Å². The summed E-state index contributed by atoms with van der Waals surface area (Å²) in [6.45, 7) is 0. The number of hydrogen-bond acceptors (Lipinski definition) is 1. The molecule has 63 heavy (non-hydrogen) atoms. The molecule has 4 rings (SSSR count). The maximum absolute atomic E-state index is 15.6. The van der Waals surface area contributed by atoms with Crippen LogP contribution in [-0.2, 0) is 5.41 Å². The van der Waals surface area contributed by atoms with Crippen LogP contribution in [0.2, 0.25) is 0 Å². The van der Waals surface area contributed by atoms with Crippen LogP contribution in [0.3, 0.4) is 0 Å². The Morgan fingerprint density at radius 1 is 0.286 bits per heavy atom. The molecule has 0 aromatic heterocycles. The van der Waals surface area contributed by atoms with Gasteiger partial charge < -0.3 is 4.90 Å². The summed E-state index contributed by atoms with van der Waals surface area (Å²) in [6.07, 6.45) is 1.83. The average Bonchev–Trinajstić information content (AvgIpc) is 3.25. The molecule has 0 heterocycles.